The van der Waals surface area contributed by atoms with Crippen molar-refractivity contribution in [2.24, 2.45) is 7.05 Å². The van der Waals surface area contributed by atoms with Gasteiger partial charge in [-0.15, -0.1) is 0 Å². The fourth-order valence-electron chi connectivity index (χ4n) is 1.97. The molecule has 0 saturated carbocycles. The van der Waals surface area contributed by atoms with Gasteiger partial charge >= 0.3 is 0 Å². The van der Waals surface area contributed by atoms with Crippen LogP contribution in [0, 0.1) is 0 Å². The third kappa shape index (κ3) is 1.93. The molecule has 4 nitrogen and oxygen atoms in total. The molecule has 0 aliphatic heterocycles. The molecule has 0 aliphatic rings. The molecular weight excluding hydrogens is 224 g/mol. The van der Waals surface area contributed by atoms with E-state index in [2.05, 4.69) is 27.4 Å². The summed E-state index contributed by atoms with van der Waals surface area (Å²) in [5, 5.41) is 3.33. The minimum atomic E-state index is 0.753. The van der Waals surface area contributed by atoms with Gasteiger partial charge in [-0.2, -0.15) is 0 Å². The lowest BCUT2D eigenvalue weighted by atomic mass is 10.2. The van der Waals surface area contributed by atoms with Crippen LogP contribution in [0.5, 0.6) is 0 Å². The van der Waals surface area contributed by atoms with E-state index >= 15 is 0 Å². The van der Waals surface area contributed by atoms with Gasteiger partial charge in [0.05, 0.1) is 11.8 Å². The number of hydrogen-bond acceptors (Lipinski definition) is 3. The molecule has 0 saturated heterocycles. The van der Waals surface area contributed by atoms with Gasteiger partial charge in [-0.25, -0.2) is 9.97 Å². The Morgan fingerprint density at radius 2 is 1.94 bits per heavy atom. The summed E-state index contributed by atoms with van der Waals surface area (Å²) in [6.45, 7) is 0.753. The number of aromatic nitrogens is 3. The van der Waals surface area contributed by atoms with Gasteiger partial charge in [-0.05, 0) is 11.6 Å². The maximum absolute atomic E-state index is 4.37. The van der Waals surface area contributed by atoms with E-state index in [1.54, 1.807) is 12.5 Å². The van der Waals surface area contributed by atoms with Crippen molar-refractivity contribution in [3.8, 4) is 0 Å². The monoisotopic (exact) mass is 238 g/mol. The number of pyridine rings is 1. The molecule has 0 fully saturated rings. The van der Waals surface area contributed by atoms with Crippen molar-refractivity contribution in [1.82, 2.24) is 14.5 Å². The quantitative estimate of drug-likeness (QED) is 0.762. The molecule has 0 bridgehead atoms. The highest BCUT2D eigenvalue weighted by atomic mass is 15.1. The zero-order valence-electron chi connectivity index (χ0n) is 10.2. The summed E-state index contributed by atoms with van der Waals surface area (Å²) >= 11 is 0. The molecule has 18 heavy (non-hydrogen) atoms. The smallest absolute Gasteiger partial charge is 0.154 e. The van der Waals surface area contributed by atoms with E-state index in [9.17, 15) is 0 Å². The topological polar surface area (TPSA) is 42.7 Å². The van der Waals surface area contributed by atoms with E-state index in [1.807, 2.05) is 35.9 Å². The molecule has 4 heteroatoms. The van der Waals surface area contributed by atoms with E-state index in [-0.39, 0.29) is 0 Å². The number of anilines is 1. The normalized spacial score (nSPS) is 10.7. The molecule has 2 aromatic heterocycles. The molecule has 3 aromatic rings. The Labute approximate surface area is 105 Å². The highest BCUT2D eigenvalue weighted by Gasteiger charge is 2.05. The van der Waals surface area contributed by atoms with Gasteiger partial charge in [0.2, 0.25) is 0 Å². The fourth-order valence-corrected chi connectivity index (χ4v) is 1.97. The first-order chi connectivity index (χ1) is 8.84. The number of benzene rings is 1. The van der Waals surface area contributed by atoms with E-state index in [0.717, 1.165) is 23.4 Å². The van der Waals surface area contributed by atoms with Crippen molar-refractivity contribution < 1.29 is 0 Å². The maximum atomic E-state index is 4.37. The van der Waals surface area contributed by atoms with Crippen LogP contribution >= 0.6 is 0 Å². The van der Waals surface area contributed by atoms with Crippen molar-refractivity contribution in [3.05, 3.63) is 54.5 Å². The lowest BCUT2D eigenvalue weighted by Crippen LogP contribution is -2.01. The fraction of sp³-hybridized carbons (Fsp3) is 0.143. The standard InChI is InChI=1S/C14H14N4/c1-18-10-17-13-12(18)7-8-15-14(13)16-9-11-5-3-2-4-6-11/h2-8,10H,9H2,1H3,(H,15,16). The molecule has 0 amide bonds. The summed E-state index contributed by atoms with van der Waals surface area (Å²) in [7, 11) is 1.98. The van der Waals surface area contributed by atoms with Crippen molar-refractivity contribution >= 4 is 16.9 Å². The SMILES string of the molecule is Cn1cnc2c(NCc3ccccc3)nccc21. The third-order valence-corrected chi connectivity index (χ3v) is 2.95. The van der Waals surface area contributed by atoms with Gasteiger partial charge in [-0.1, -0.05) is 30.3 Å². The van der Waals surface area contributed by atoms with E-state index in [1.165, 1.54) is 5.56 Å². The Morgan fingerprint density at radius 1 is 1.11 bits per heavy atom. The van der Waals surface area contributed by atoms with Gasteiger partial charge in [0.15, 0.2) is 5.82 Å². The first kappa shape index (κ1) is 10.8. The number of rotatable bonds is 3. The number of imidazole rings is 1. The van der Waals surface area contributed by atoms with Crippen LogP contribution in [0.1, 0.15) is 5.56 Å². The highest BCUT2D eigenvalue weighted by Crippen LogP contribution is 2.18. The van der Waals surface area contributed by atoms with Crippen LogP contribution in [0.25, 0.3) is 11.0 Å². The average molecular weight is 238 g/mol. The Hall–Kier alpha value is -2.36. The van der Waals surface area contributed by atoms with Crippen LogP contribution in [0.2, 0.25) is 0 Å². The molecule has 1 N–H and O–H groups in total. The van der Waals surface area contributed by atoms with E-state index in [0.29, 0.717) is 0 Å². The summed E-state index contributed by atoms with van der Waals surface area (Å²) in [4.78, 5) is 8.72. The maximum Gasteiger partial charge on any atom is 0.154 e. The lowest BCUT2D eigenvalue weighted by Gasteiger charge is -2.06. The van der Waals surface area contributed by atoms with Gasteiger partial charge in [-0.3, -0.25) is 0 Å². The van der Waals surface area contributed by atoms with Gasteiger partial charge < -0.3 is 9.88 Å². The Balaban J connectivity index is 1.87. The number of nitrogens with one attached hydrogen (secondary N) is 1. The number of aryl methyl sites for hydroxylation is 1. The zero-order valence-corrected chi connectivity index (χ0v) is 10.2. The lowest BCUT2D eigenvalue weighted by molar-refractivity contribution is 0.947. The Morgan fingerprint density at radius 3 is 2.78 bits per heavy atom. The van der Waals surface area contributed by atoms with Gasteiger partial charge in [0, 0.05) is 19.8 Å². The predicted octanol–water partition coefficient (Wildman–Crippen LogP) is 2.58. The molecule has 90 valence electrons. The number of nitrogens with zero attached hydrogens (tertiary/aromatic N) is 3. The van der Waals surface area contributed by atoms with Gasteiger partial charge in [0.1, 0.15) is 5.52 Å². The van der Waals surface area contributed by atoms with E-state index in [4.69, 9.17) is 0 Å². The molecule has 0 radical (unpaired) electrons. The van der Waals surface area contributed by atoms with Crippen LogP contribution in [0.3, 0.4) is 0 Å². The Bertz CT molecular complexity index is 658. The summed E-state index contributed by atoms with van der Waals surface area (Å²) in [6.07, 6.45) is 3.61. The van der Waals surface area contributed by atoms with Crippen LogP contribution in [0.4, 0.5) is 5.82 Å². The predicted molar refractivity (Wildman–Crippen MR) is 72.3 cm³/mol. The van der Waals surface area contributed by atoms with E-state index < -0.39 is 0 Å². The molecule has 2 heterocycles. The second kappa shape index (κ2) is 4.49. The second-order valence-corrected chi connectivity index (χ2v) is 4.22. The Kier molecular flexibility index (Phi) is 2.68. The van der Waals surface area contributed by atoms with Crippen LogP contribution in [0.15, 0.2) is 48.9 Å². The number of hydrogen-bond donors (Lipinski definition) is 1. The molecule has 0 spiro atoms. The highest BCUT2D eigenvalue weighted by molar-refractivity contribution is 5.85. The van der Waals surface area contributed by atoms with Crippen LogP contribution in [-0.2, 0) is 13.6 Å². The molecule has 0 unspecified atom stereocenters. The molecule has 1 aromatic carbocycles. The molecular formula is C14H14N4. The summed E-state index contributed by atoms with van der Waals surface area (Å²) in [5.74, 6) is 0.831. The average Bonchev–Trinajstić information content (AvgIpc) is 2.80. The first-order valence-corrected chi connectivity index (χ1v) is 5.88. The van der Waals surface area contributed by atoms with Crippen molar-refractivity contribution in [1.29, 1.82) is 0 Å². The van der Waals surface area contributed by atoms with Crippen molar-refractivity contribution in [2.75, 3.05) is 5.32 Å². The summed E-state index contributed by atoms with van der Waals surface area (Å²) in [6, 6.07) is 12.2. The van der Waals surface area contributed by atoms with Crippen molar-refractivity contribution in [3.63, 3.8) is 0 Å². The minimum Gasteiger partial charge on any atom is -0.364 e. The summed E-state index contributed by atoms with van der Waals surface area (Å²) < 4.78 is 1.99. The first-order valence-electron chi connectivity index (χ1n) is 5.88. The molecule has 3 rings (SSSR count). The number of fused-ring (bicyclic) bond motifs is 1. The van der Waals surface area contributed by atoms with Gasteiger partial charge in [0.25, 0.3) is 0 Å². The third-order valence-electron chi connectivity index (χ3n) is 2.95. The minimum absolute atomic E-state index is 0.753. The van der Waals surface area contributed by atoms with Crippen LogP contribution in [-0.4, -0.2) is 14.5 Å². The zero-order chi connectivity index (χ0) is 12.4. The molecule has 0 aliphatic carbocycles. The second-order valence-electron chi connectivity index (χ2n) is 4.22. The summed E-state index contributed by atoms with van der Waals surface area (Å²) in [5.41, 5.74) is 3.23. The van der Waals surface area contributed by atoms with Crippen molar-refractivity contribution in [2.45, 2.75) is 6.54 Å². The van der Waals surface area contributed by atoms with Crippen LogP contribution < -0.4 is 5.32 Å². The largest absolute Gasteiger partial charge is 0.364 e. The molecule has 0 atom stereocenters.